The molecular formula is C25H23FN2O4. The third kappa shape index (κ3) is 4.07. The molecule has 0 atom stereocenters. The first-order valence-corrected chi connectivity index (χ1v) is 10.2. The van der Waals surface area contributed by atoms with Crippen molar-refractivity contribution in [1.29, 1.82) is 0 Å². The third-order valence-corrected chi connectivity index (χ3v) is 5.54. The molecule has 0 saturated heterocycles. The molecule has 0 aliphatic carbocycles. The highest BCUT2D eigenvalue weighted by Gasteiger charge is 2.17. The summed E-state index contributed by atoms with van der Waals surface area (Å²) in [4.78, 5) is 15.3. The zero-order valence-electron chi connectivity index (χ0n) is 17.8. The lowest BCUT2D eigenvalue weighted by Crippen LogP contribution is -2.07. The summed E-state index contributed by atoms with van der Waals surface area (Å²) in [5.41, 5.74) is 10.6. The molecule has 0 saturated carbocycles. The maximum absolute atomic E-state index is 15.0. The van der Waals surface area contributed by atoms with Crippen molar-refractivity contribution < 1.29 is 23.4 Å². The minimum Gasteiger partial charge on any atom is -0.488 e. The summed E-state index contributed by atoms with van der Waals surface area (Å²) in [5.74, 6) is -0.852. The van der Waals surface area contributed by atoms with Crippen LogP contribution in [0.4, 0.5) is 4.39 Å². The Balaban J connectivity index is 1.74. The molecule has 0 bridgehead atoms. The maximum Gasteiger partial charge on any atom is 0.307 e. The highest BCUT2D eigenvalue weighted by atomic mass is 19.1. The molecule has 2 aromatic heterocycles. The van der Waals surface area contributed by atoms with Gasteiger partial charge in [0.1, 0.15) is 17.9 Å². The number of aliphatic carboxylic acids is 1. The van der Waals surface area contributed by atoms with E-state index < -0.39 is 11.8 Å². The van der Waals surface area contributed by atoms with Gasteiger partial charge in [-0.3, -0.25) is 9.78 Å². The number of aryl methyl sites for hydroxylation is 1. The topological polar surface area (TPSA) is 98.6 Å². The van der Waals surface area contributed by atoms with Gasteiger partial charge in [-0.25, -0.2) is 4.39 Å². The molecule has 0 radical (unpaired) electrons. The Morgan fingerprint density at radius 3 is 2.75 bits per heavy atom. The molecule has 32 heavy (non-hydrogen) atoms. The minimum absolute atomic E-state index is 0.0111. The van der Waals surface area contributed by atoms with Crippen LogP contribution < -0.4 is 10.5 Å². The van der Waals surface area contributed by atoms with Gasteiger partial charge in [0, 0.05) is 34.8 Å². The van der Waals surface area contributed by atoms with Gasteiger partial charge in [-0.2, -0.15) is 0 Å². The van der Waals surface area contributed by atoms with Crippen molar-refractivity contribution in [3.05, 3.63) is 82.6 Å². The normalized spacial score (nSPS) is 11.1. The number of pyridine rings is 1. The Morgan fingerprint density at radius 1 is 1.19 bits per heavy atom. The molecule has 7 heteroatoms. The van der Waals surface area contributed by atoms with Crippen LogP contribution >= 0.6 is 0 Å². The van der Waals surface area contributed by atoms with Crippen LogP contribution in [0.15, 0.2) is 53.3 Å². The second kappa shape index (κ2) is 8.80. The number of ether oxygens (including phenoxy) is 1. The number of hydrogen-bond donors (Lipinski definition) is 2. The van der Waals surface area contributed by atoms with Gasteiger partial charge in [-0.05, 0) is 54.8 Å². The highest BCUT2D eigenvalue weighted by Crippen LogP contribution is 2.34. The number of hydrogen-bond acceptors (Lipinski definition) is 5. The average molecular weight is 434 g/mol. The number of benzene rings is 2. The lowest BCUT2D eigenvalue weighted by molar-refractivity contribution is -0.136. The number of carbonyl (C=O) groups is 1. The SMILES string of the molecule is Cc1ccc(CC(=O)O)c(OCc2cc(-c3ccnc(CN)c3F)c3occc3c2)c1C. The van der Waals surface area contributed by atoms with E-state index in [0.29, 0.717) is 28.0 Å². The Hall–Kier alpha value is -3.71. The summed E-state index contributed by atoms with van der Waals surface area (Å²) in [6, 6.07) is 10.8. The van der Waals surface area contributed by atoms with Crippen LogP contribution in [0.3, 0.4) is 0 Å². The number of nitrogens with two attached hydrogens (primary N) is 1. The smallest absolute Gasteiger partial charge is 0.307 e. The average Bonchev–Trinajstić information content (AvgIpc) is 3.24. The Bertz CT molecular complexity index is 1310. The first kappa shape index (κ1) is 21.5. The van der Waals surface area contributed by atoms with Gasteiger partial charge in [-0.15, -0.1) is 0 Å². The van der Waals surface area contributed by atoms with Gasteiger partial charge >= 0.3 is 5.97 Å². The number of fused-ring (bicyclic) bond motifs is 1. The molecule has 2 aromatic carbocycles. The summed E-state index contributed by atoms with van der Waals surface area (Å²) >= 11 is 0. The summed E-state index contributed by atoms with van der Waals surface area (Å²) in [5, 5.41) is 10.1. The fourth-order valence-electron chi connectivity index (χ4n) is 3.77. The predicted octanol–water partition coefficient (Wildman–Crippen LogP) is 4.92. The van der Waals surface area contributed by atoms with Crippen LogP contribution in [0, 0.1) is 19.7 Å². The monoisotopic (exact) mass is 434 g/mol. The number of furan rings is 1. The maximum atomic E-state index is 15.0. The number of aromatic nitrogens is 1. The minimum atomic E-state index is -0.927. The van der Waals surface area contributed by atoms with Crippen LogP contribution in [0.1, 0.15) is 27.9 Å². The van der Waals surface area contributed by atoms with E-state index in [4.69, 9.17) is 14.9 Å². The Morgan fingerprint density at radius 2 is 2.00 bits per heavy atom. The lowest BCUT2D eigenvalue weighted by Gasteiger charge is -2.16. The molecule has 0 fully saturated rings. The number of carboxylic acids is 1. The fraction of sp³-hybridized carbons (Fsp3) is 0.200. The first-order valence-electron chi connectivity index (χ1n) is 10.2. The molecule has 0 amide bonds. The molecular weight excluding hydrogens is 411 g/mol. The van der Waals surface area contributed by atoms with E-state index in [1.54, 1.807) is 24.5 Å². The molecule has 0 spiro atoms. The first-order chi connectivity index (χ1) is 15.4. The predicted molar refractivity (Wildman–Crippen MR) is 119 cm³/mol. The third-order valence-electron chi connectivity index (χ3n) is 5.54. The molecule has 3 N–H and O–H groups in total. The van der Waals surface area contributed by atoms with Gasteiger partial charge in [0.05, 0.1) is 18.4 Å². The zero-order chi connectivity index (χ0) is 22.8. The molecule has 6 nitrogen and oxygen atoms in total. The number of nitrogens with zero attached hydrogens (tertiary/aromatic N) is 1. The second-order valence-corrected chi connectivity index (χ2v) is 7.66. The second-order valence-electron chi connectivity index (χ2n) is 7.66. The van der Waals surface area contributed by atoms with E-state index in [2.05, 4.69) is 4.98 Å². The van der Waals surface area contributed by atoms with Crippen molar-refractivity contribution in [2.75, 3.05) is 0 Å². The van der Waals surface area contributed by atoms with E-state index in [1.165, 1.54) is 6.20 Å². The van der Waals surface area contributed by atoms with E-state index in [1.807, 2.05) is 32.0 Å². The highest BCUT2D eigenvalue weighted by molar-refractivity contribution is 5.93. The van der Waals surface area contributed by atoms with Gasteiger partial charge < -0.3 is 20.0 Å². The van der Waals surface area contributed by atoms with E-state index in [9.17, 15) is 14.3 Å². The summed E-state index contributed by atoms with van der Waals surface area (Å²) in [6.45, 7) is 4.02. The molecule has 0 unspecified atom stereocenters. The van der Waals surface area contributed by atoms with Crippen molar-refractivity contribution in [3.63, 3.8) is 0 Å². The zero-order valence-corrected chi connectivity index (χ0v) is 17.8. The number of rotatable bonds is 7. The molecule has 4 aromatic rings. The van der Waals surface area contributed by atoms with Crippen molar-refractivity contribution in [2.24, 2.45) is 5.73 Å². The molecule has 2 heterocycles. The largest absolute Gasteiger partial charge is 0.488 e. The van der Waals surface area contributed by atoms with Crippen LogP contribution in [0.25, 0.3) is 22.1 Å². The number of halogens is 1. The summed E-state index contributed by atoms with van der Waals surface area (Å²) in [6.07, 6.45) is 2.94. The van der Waals surface area contributed by atoms with Crippen LogP contribution in [0.2, 0.25) is 0 Å². The van der Waals surface area contributed by atoms with E-state index in [0.717, 1.165) is 22.1 Å². The van der Waals surface area contributed by atoms with Crippen LogP contribution in [-0.4, -0.2) is 16.1 Å². The van der Waals surface area contributed by atoms with Gasteiger partial charge in [0.2, 0.25) is 0 Å². The summed E-state index contributed by atoms with van der Waals surface area (Å²) < 4.78 is 26.7. The van der Waals surface area contributed by atoms with Crippen molar-refractivity contribution in [2.45, 2.75) is 33.4 Å². The fourth-order valence-corrected chi connectivity index (χ4v) is 3.77. The number of carboxylic acid groups (broad SMARTS) is 1. The van der Waals surface area contributed by atoms with E-state index >= 15 is 0 Å². The van der Waals surface area contributed by atoms with Crippen molar-refractivity contribution in [3.8, 4) is 16.9 Å². The van der Waals surface area contributed by atoms with Crippen molar-refractivity contribution in [1.82, 2.24) is 4.98 Å². The lowest BCUT2D eigenvalue weighted by atomic mass is 10.00. The van der Waals surface area contributed by atoms with Gasteiger partial charge in [0.15, 0.2) is 5.82 Å². The molecule has 0 aliphatic heterocycles. The Labute approximate surface area is 184 Å². The Kier molecular flexibility index (Phi) is 5.92. The van der Waals surface area contributed by atoms with Gasteiger partial charge in [-0.1, -0.05) is 12.1 Å². The van der Waals surface area contributed by atoms with Gasteiger partial charge in [0.25, 0.3) is 0 Å². The quantitative estimate of drug-likeness (QED) is 0.429. The molecule has 0 aliphatic rings. The van der Waals surface area contributed by atoms with Crippen molar-refractivity contribution >= 4 is 16.9 Å². The standard InChI is InChI=1S/C25H23FN2O4/c1-14-3-4-17(11-22(29)30)24(15(14)2)32-13-16-9-18-6-8-31-25(18)20(10-16)19-5-7-28-21(12-27)23(19)26/h3-10H,11-13,27H2,1-2H3,(H,29,30). The molecule has 164 valence electrons. The van der Waals surface area contributed by atoms with Crippen LogP contribution in [-0.2, 0) is 24.4 Å². The summed E-state index contributed by atoms with van der Waals surface area (Å²) in [7, 11) is 0. The molecule has 4 rings (SSSR count). The van der Waals surface area contributed by atoms with E-state index in [-0.39, 0.29) is 25.3 Å². The van der Waals surface area contributed by atoms with Crippen LogP contribution in [0.5, 0.6) is 5.75 Å².